The molecule has 0 atom stereocenters. The summed E-state index contributed by atoms with van der Waals surface area (Å²) in [7, 11) is 0. The molecular weight excluding hydrogens is 378 g/mol. The lowest BCUT2D eigenvalue weighted by molar-refractivity contribution is -0.118. The molecule has 0 unspecified atom stereocenters. The Morgan fingerprint density at radius 2 is 1.96 bits per heavy atom. The van der Waals surface area contributed by atoms with Crippen molar-refractivity contribution in [2.24, 2.45) is 0 Å². The number of benzene rings is 2. The van der Waals surface area contributed by atoms with E-state index in [0.717, 1.165) is 16.6 Å². The van der Waals surface area contributed by atoms with Gasteiger partial charge in [-0.2, -0.15) is 0 Å². The van der Waals surface area contributed by atoms with E-state index >= 15 is 0 Å². The lowest BCUT2D eigenvalue weighted by atomic mass is 10.1. The van der Waals surface area contributed by atoms with Crippen molar-refractivity contribution in [3.63, 3.8) is 0 Å². The van der Waals surface area contributed by atoms with Gasteiger partial charge in [0.2, 0.25) is 0 Å². The Morgan fingerprint density at radius 3 is 2.61 bits per heavy atom. The minimum Gasteiger partial charge on any atom is -0.482 e. The number of aryl methyl sites for hydroxylation is 1. The molecule has 0 saturated carbocycles. The molecule has 0 radical (unpaired) electrons. The standard InChI is InChI=1S/C18H19BrClNO2/c1-2-3-4-13-5-8-15(9-6-13)21-18(22)12-23-17-10-7-14(19)11-16(17)20/h5-11H,2-4,12H2,1H3,(H,21,22). The Kier molecular flexibility index (Phi) is 6.93. The van der Waals surface area contributed by atoms with Crippen LogP contribution in [0.15, 0.2) is 46.9 Å². The molecule has 1 N–H and O–H groups in total. The van der Waals surface area contributed by atoms with Crippen LogP contribution in [0.4, 0.5) is 5.69 Å². The molecule has 2 rings (SSSR count). The summed E-state index contributed by atoms with van der Waals surface area (Å²) in [6, 6.07) is 13.2. The fraction of sp³-hybridized carbons (Fsp3) is 0.278. The minimum absolute atomic E-state index is 0.0844. The van der Waals surface area contributed by atoms with Crippen molar-refractivity contribution in [1.29, 1.82) is 0 Å². The van der Waals surface area contributed by atoms with Gasteiger partial charge >= 0.3 is 0 Å². The summed E-state index contributed by atoms with van der Waals surface area (Å²) in [5.74, 6) is 0.269. The van der Waals surface area contributed by atoms with Gasteiger partial charge in [0, 0.05) is 10.2 Å². The number of anilines is 1. The molecule has 1 amide bonds. The Labute approximate surface area is 150 Å². The number of carbonyl (C=O) groups is 1. The minimum atomic E-state index is -0.217. The zero-order valence-corrected chi connectivity index (χ0v) is 15.3. The number of hydrogen-bond donors (Lipinski definition) is 1. The molecule has 0 heterocycles. The maximum atomic E-state index is 11.9. The van der Waals surface area contributed by atoms with Gasteiger partial charge in [0.25, 0.3) is 5.91 Å². The molecule has 122 valence electrons. The van der Waals surface area contributed by atoms with E-state index < -0.39 is 0 Å². The van der Waals surface area contributed by atoms with Crippen LogP contribution in [0.5, 0.6) is 5.75 Å². The third-order valence-corrected chi connectivity index (χ3v) is 4.10. The van der Waals surface area contributed by atoms with Crippen LogP contribution >= 0.6 is 27.5 Å². The molecule has 0 bridgehead atoms. The first kappa shape index (κ1) is 17.8. The van der Waals surface area contributed by atoms with Gasteiger partial charge in [-0.3, -0.25) is 4.79 Å². The van der Waals surface area contributed by atoms with E-state index in [2.05, 4.69) is 28.2 Å². The first-order valence-corrected chi connectivity index (χ1v) is 8.72. The van der Waals surface area contributed by atoms with Crippen molar-refractivity contribution >= 4 is 39.1 Å². The van der Waals surface area contributed by atoms with E-state index in [-0.39, 0.29) is 12.5 Å². The van der Waals surface area contributed by atoms with Crippen molar-refractivity contribution < 1.29 is 9.53 Å². The van der Waals surface area contributed by atoms with E-state index in [1.54, 1.807) is 12.1 Å². The highest BCUT2D eigenvalue weighted by molar-refractivity contribution is 9.10. The fourth-order valence-electron chi connectivity index (χ4n) is 2.07. The van der Waals surface area contributed by atoms with Crippen molar-refractivity contribution in [1.82, 2.24) is 0 Å². The zero-order valence-electron chi connectivity index (χ0n) is 12.9. The average molecular weight is 397 g/mol. The van der Waals surface area contributed by atoms with Crippen LogP contribution in [0, 0.1) is 0 Å². The molecule has 0 aliphatic rings. The number of carbonyl (C=O) groups excluding carboxylic acids is 1. The summed E-state index contributed by atoms with van der Waals surface area (Å²) in [5.41, 5.74) is 2.04. The molecule has 0 spiro atoms. The summed E-state index contributed by atoms with van der Waals surface area (Å²) in [4.78, 5) is 11.9. The Bertz CT molecular complexity index is 659. The summed E-state index contributed by atoms with van der Waals surface area (Å²) in [5, 5.41) is 3.28. The molecule has 5 heteroatoms. The third-order valence-electron chi connectivity index (χ3n) is 3.31. The van der Waals surface area contributed by atoms with Crippen LogP contribution in [0.2, 0.25) is 5.02 Å². The second-order valence-electron chi connectivity index (χ2n) is 5.21. The molecule has 0 saturated heterocycles. The van der Waals surface area contributed by atoms with Crippen molar-refractivity contribution in [3.05, 3.63) is 57.5 Å². The first-order chi connectivity index (χ1) is 11.1. The number of unbranched alkanes of at least 4 members (excludes halogenated alkanes) is 1. The SMILES string of the molecule is CCCCc1ccc(NC(=O)COc2ccc(Br)cc2Cl)cc1. The summed E-state index contributed by atoms with van der Waals surface area (Å²) in [6.07, 6.45) is 3.41. The maximum Gasteiger partial charge on any atom is 0.262 e. The number of halogens is 2. The van der Waals surface area contributed by atoms with Gasteiger partial charge in [-0.15, -0.1) is 0 Å². The maximum absolute atomic E-state index is 11.9. The molecule has 3 nitrogen and oxygen atoms in total. The molecule has 0 aliphatic carbocycles. The van der Waals surface area contributed by atoms with Gasteiger partial charge in [0.15, 0.2) is 6.61 Å². The number of ether oxygens (including phenoxy) is 1. The lowest BCUT2D eigenvalue weighted by Crippen LogP contribution is -2.20. The Morgan fingerprint density at radius 1 is 1.22 bits per heavy atom. The van der Waals surface area contributed by atoms with Gasteiger partial charge in [-0.25, -0.2) is 0 Å². The number of amides is 1. The largest absolute Gasteiger partial charge is 0.482 e. The normalized spacial score (nSPS) is 10.4. The number of hydrogen-bond acceptors (Lipinski definition) is 2. The third kappa shape index (κ3) is 5.88. The van der Waals surface area contributed by atoms with Crippen molar-refractivity contribution in [2.75, 3.05) is 11.9 Å². The van der Waals surface area contributed by atoms with E-state index in [1.165, 1.54) is 18.4 Å². The van der Waals surface area contributed by atoms with Gasteiger partial charge in [0.05, 0.1) is 5.02 Å². The average Bonchev–Trinajstić information content (AvgIpc) is 2.53. The zero-order chi connectivity index (χ0) is 16.7. The summed E-state index contributed by atoms with van der Waals surface area (Å²) < 4.78 is 6.30. The highest BCUT2D eigenvalue weighted by atomic mass is 79.9. The molecule has 0 fully saturated rings. The molecular formula is C18H19BrClNO2. The van der Waals surface area contributed by atoms with Gasteiger partial charge < -0.3 is 10.1 Å². The van der Waals surface area contributed by atoms with Gasteiger partial charge in [-0.1, -0.05) is 53.0 Å². The second-order valence-corrected chi connectivity index (χ2v) is 6.53. The van der Waals surface area contributed by atoms with Crippen LogP contribution in [-0.4, -0.2) is 12.5 Å². The lowest BCUT2D eigenvalue weighted by Gasteiger charge is -2.09. The van der Waals surface area contributed by atoms with Crippen LogP contribution < -0.4 is 10.1 Å². The van der Waals surface area contributed by atoms with Gasteiger partial charge in [-0.05, 0) is 48.7 Å². The van der Waals surface area contributed by atoms with E-state index in [4.69, 9.17) is 16.3 Å². The highest BCUT2D eigenvalue weighted by Gasteiger charge is 2.07. The monoisotopic (exact) mass is 395 g/mol. The smallest absolute Gasteiger partial charge is 0.262 e. The van der Waals surface area contributed by atoms with Crippen LogP contribution in [0.1, 0.15) is 25.3 Å². The number of rotatable bonds is 7. The summed E-state index contributed by atoms with van der Waals surface area (Å²) >= 11 is 9.37. The predicted molar refractivity (Wildman–Crippen MR) is 98.3 cm³/mol. The van der Waals surface area contributed by atoms with Crippen molar-refractivity contribution in [3.8, 4) is 5.75 Å². The van der Waals surface area contributed by atoms with E-state index in [9.17, 15) is 4.79 Å². The van der Waals surface area contributed by atoms with Crippen LogP contribution in [-0.2, 0) is 11.2 Å². The number of nitrogens with one attached hydrogen (secondary N) is 1. The fourth-order valence-corrected chi connectivity index (χ4v) is 2.80. The molecule has 2 aromatic rings. The first-order valence-electron chi connectivity index (χ1n) is 7.55. The Hall–Kier alpha value is -1.52. The van der Waals surface area contributed by atoms with E-state index in [1.807, 2.05) is 30.3 Å². The second kappa shape index (κ2) is 8.94. The predicted octanol–water partition coefficient (Wildman–Crippen LogP) is 5.46. The molecule has 0 aliphatic heterocycles. The highest BCUT2D eigenvalue weighted by Crippen LogP contribution is 2.27. The van der Waals surface area contributed by atoms with Crippen molar-refractivity contribution in [2.45, 2.75) is 26.2 Å². The topological polar surface area (TPSA) is 38.3 Å². The molecule has 0 aromatic heterocycles. The Balaban J connectivity index is 1.84. The van der Waals surface area contributed by atoms with Gasteiger partial charge in [0.1, 0.15) is 5.75 Å². The van der Waals surface area contributed by atoms with E-state index in [0.29, 0.717) is 10.8 Å². The van der Waals surface area contributed by atoms with Crippen LogP contribution in [0.3, 0.4) is 0 Å². The molecule has 23 heavy (non-hydrogen) atoms. The molecule has 2 aromatic carbocycles. The van der Waals surface area contributed by atoms with Crippen LogP contribution in [0.25, 0.3) is 0 Å². The quantitative estimate of drug-likeness (QED) is 0.674. The summed E-state index contributed by atoms with van der Waals surface area (Å²) in [6.45, 7) is 2.09.